The van der Waals surface area contributed by atoms with Gasteiger partial charge in [-0.25, -0.2) is 15.0 Å². The van der Waals surface area contributed by atoms with Gasteiger partial charge in [0.1, 0.15) is 11.2 Å². The summed E-state index contributed by atoms with van der Waals surface area (Å²) in [6.07, 6.45) is 6.71. The number of rotatable bonds is 4. The van der Waals surface area contributed by atoms with E-state index in [0.717, 1.165) is 67.8 Å². The summed E-state index contributed by atoms with van der Waals surface area (Å²) in [6.45, 7) is 0. The van der Waals surface area contributed by atoms with Crippen LogP contribution in [0.1, 0.15) is 16.9 Å². The Morgan fingerprint density at radius 2 is 1.33 bits per heavy atom. The highest BCUT2D eigenvalue weighted by molar-refractivity contribution is 7.19. The van der Waals surface area contributed by atoms with Gasteiger partial charge in [0.05, 0.1) is 0 Å². The number of aryl methyl sites for hydroxylation is 1. The minimum Gasteiger partial charge on any atom is -0.456 e. The van der Waals surface area contributed by atoms with Gasteiger partial charge in [0.25, 0.3) is 0 Å². The summed E-state index contributed by atoms with van der Waals surface area (Å²) in [5.41, 5.74) is 7.95. The lowest BCUT2D eigenvalue weighted by atomic mass is 10.00. The molecule has 9 aromatic rings. The summed E-state index contributed by atoms with van der Waals surface area (Å²) < 4.78 is 7.70. The molecule has 10 rings (SSSR count). The van der Waals surface area contributed by atoms with Crippen LogP contribution < -0.4 is 0 Å². The minimum absolute atomic E-state index is 0.590. The van der Waals surface area contributed by atoms with Crippen molar-refractivity contribution in [2.45, 2.75) is 12.8 Å². The Morgan fingerprint density at radius 1 is 0.592 bits per heavy atom. The molecular weight excluding hydrogens is 642 g/mol. The minimum atomic E-state index is 0.590. The molecule has 0 bridgehead atoms. The predicted molar refractivity (Wildman–Crippen MR) is 204 cm³/mol. The lowest BCUT2D eigenvalue weighted by molar-refractivity contribution is 0.669. The Labute approximate surface area is 291 Å². The lowest BCUT2D eigenvalue weighted by Gasteiger charge is -2.11. The monoisotopic (exact) mass is 667 g/mol. The molecule has 0 radical (unpaired) electrons. The van der Waals surface area contributed by atoms with Gasteiger partial charge in [-0.2, -0.15) is 0 Å². The van der Waals surface area contributed by atoms with Crippen LogP contribution in [0, 0.1) is 0 Å². The first kappa shape index (κ1) is 28.4. The van der Waals surface area contributed by atoms with Gasteiger partial charge in [-0.1, -0.05) is 103 Å². The van der Waals surface area contributed by atoms with Crippen molar-refractivity contribution in [2.24, 2.45) is 0 Å². The van der Waals surface area contributed by atoms with Crippen LogP contribution in [-0.4, -0.2) is 15.0 Å². The molecule has 0 amide bonds. The molecule has 1 aliphatic carbocycles. The molecular formula is C43H26ClN3OS. The lowest BCUT2D eigenvalue weighted by Crippen LogP contribution is -2.00. The number of thiophene rings is 1. The van der Waals surface area contributed by atoms with E-state index in [4.69, 9.17) is 31.0 Å². The Morgan fingerprint density at radius 3 is 2.20 bits per heavy atom. The first-order valence-corrected chi connectivity index (χ1v) is 17.5. The maximum Gasteiger partial charge on any atom is 0.164 e. The molecule has 0 unspecified atom stereocenters. The van der Waals surface area contributed by atoms with E-state index in [1.807, 2.05) is 53.8 Å². The molecule has 0 N–H and O–H groups in total. The van der Waals surface area contributed by atoms with Crippen LogP contribution in [0.5, 0.6) is 0 Å². The Bertz CT molecular complexity index is 2780. The molecule has 0 saturated carbocycles. The van der Waals surface area contributed by atoms with E-state index in [9.17, 15) is 0 Å². The first-order chi connectivity index (χ1) is 24.2. The Hall–Kier alpha value is -5.62. The van der Waals surface area contributed by atoms with Crippen molar-refractivity contribution in [1.82, 2.24) is 15.0 Å². The molecule has 0 spiro atoms. The zero-order valence-electron chi connectivity index (χ0n) is 26.2. The number of hydrogen-bond acceptors (Lipinski definition) is 5. The number of halogens is 1. The van der Waals surface area contributed by atoms with Gasteiger partial charge in [-0.15, -0.1) is 11.3 Å². The second-order valence-electron chi connectivity index (χ2n) is 12.4. The smallest absolute Gasteiger partial charge is 0.164 e. The van der Waals surface area contributed by atoms with Crippen molar-refractivity contribution in [2.75, 3.05) is 0 Å². The topological polar surface area (TPSA) is 51.8 Å². The largest absolute Gasteiger partial charge is 0.456 e. The highest BCUT2D eigenvalue weighted by Crippen LogP contribution is 2.42. The zero-order valence-corrected chi connectivity index (χ0v) is 27.7. The van der Waals surface area contributed by atoms with Gasteiger partial charge < -0.3 is 4.42 Å². The molecule has 3 aromatic heterocycles. The molecule has 3 heterocycles. The zero-order chi connectivity index (χ0) is 32.5. The fourth-order valence-corrected chi connectivity index (χ4v) is 8.44. The summed E-state index contributed by atoms with van der Waals surface area (Å²) in [4.78, 5) is 16.9. The number of nitrogens with zero attached hydrogens (tertiary/aromatic N) is 3. The third-order valence-electron chi connectivity index (χ3n) is 9.45. The molecule has 0 saturated heterocycles. The van der Waals surface area contributed by atoms with Crippen LogP contribution in [-0.2, 0) is 6.42 Å². The van der Waals surface area contributed by atoms with Gasteiger partial charge in [0.15, 0.2) is 17.5 Å². The van der Waals surface area contributed by atoms with Gasteiger partial charge in [-0.05, 0) is 82.8 Å². The van der Waals surface area contributed by atoms with Crippen LogP contribution >= 0.6 is 22.9 Å². The Kier molecular flexibility index (Phi) is 6.51. The second kappa shape index (κ2) is 11.2. The van der Waals surface area contributed by atoms with Crippen molar-refractivity contribution in [3.63, 3.8) is 0 Å². The number of aromatic nitrogens is 3. The summed E-state index contributed by atoms with van der Waals surface area (Å²) in [5, 5.41) is 6.00. The van der Waals surface area contributed by atoms with E-state index in [2.05, 4.69) is 91.0 Å². The van der Waals surface area contributed by atoms with Crippen molar-refractivity contribution in [3.05, 3.63) is 143 Å². The standard InChI is InChI=1S/C43H26ClN3OS/c44-30-20-17-27-18-21-36-40(33(27)24-30)39-32(10-6-11-35(39)48-36)43-46-41(28-15-13-26(14-16-28)25-7-2-1-3-8-25)45-42(47-43)29-19-22-38-34(23-29)31-9-4-5-12-37(31)49-38/h1-4,6-11,13-24H,5,12H2. The number of benzene rings is 6. The summed E-state index contributed by atoms with van der Waals surface area (Å²) in [5.74, 6) is 1.84. The molecule has 6 aromatic carbocycles. The summed E-state index contributed by atoms with van der Waals surface area (Å²) >= 11 is 8.42. The molecule has 0 aliphatic heterocycles. The van der Waals surface area contributed by atoms with Gasteiger partial charge in [0.2, 0.25) is 0 Å². The fourth-order valence-electron chi connectivity index (χ4n) is 7.08. The van der Waals surface area contributed by atoms with Crippen LogP contribution in [0.2, 0.25) is 5.02 Å². The molecule has 49 heavy (non-hydrogen) atoms. The SMILES string of the molecule is Clc1ccc2ccc3oc4cccc(-c5nc(-c6ccc(-c7ccccc7)cc6)nc(-c6ccc7sc8c(c7c6)C=CCC8)n5)c4c3c2c1. The van der Waals surface area contributed by atoms with Crippen molar-refractivity contribution < 1.29 is 4.42 Å². The van der Waals surface area contributed by atoms with E-state index in [0.29, 0.717) is 22.5 Å². The van der Waals surface area contributed by atoms with Crippen LogP contribution in [0.4, 0.5) is 0 Å². The highest BCUT2D eigenvalue weighted by atomic mass is 35.5. The molecule has 6 heteroatoms. The number of hydrogen-bond donors (Lipinski definition) is 0. The van der Waals surface area contributed by atoms with E-state index < -0.39 is 0 Å². The number of furan rings is 1. The molecule has 0 atom stereocenters. The highest BCUT2D eigenvalue weighted by Gasteiger charge is 2.20. The normalized spacial score (nSPS) is 12.8. The average molecular weight is 668 g/mol. The van der Waals surface area contributed by atoms with Crippen molar-refractivity contribution in [3.8, 4) is 45.3 Å². The molecule has 232 valence electrons. The summed E-state index contributed by atoms with van der Waals surface area (Å²) in [7, 11) is 0. The average Bonchev–Trinajstić information content (AvgIpc) is 3.73. The van der Waals surface area contributed by atoms with Gasteiger partial charge >= 0.3 is 0 Å². The second-order valence-corrected chi connectivity index (χ2v) is 14.0. The van der Waals surface area contributed by atoms with Crippen LogP contribution in [0.3, 0.4) is 0 Å². The predicted octanol–water partition coefficient (Wildman–Crippen LogP) is 12.4. The maximum atomic E-state index is 6.53. The number of allylic oxidation sites excluding steroid dienone is 1. The quantitative estimate of drug-likeness (QED) is 0.187. The Balaban J connectivity index is 1.21. The third-order valence-corrected chi connectivity index (χ3v) is 10.9. The van der Waals surface area contributed by atoms with Gasteiger partial charge in [0, 0.05) is 47.4 Å². The first-order valence-electron chi connectivity index (χ1n) is 16.3. The van der Waals surface area contributed by atoms with E-state index >= 15 is 0 Å². The van der Waals surface area contributed by atoms with Crippen LogP contribution in [0.25, 0.3) is 94.2 Å². The molecule has 4 nitrogen and oxygen atoms in total. The van der Waals surface area contributed by atoms with E-state index in [1.54, 1.807) is 0 Å². The molecule has 0 fully saturated rings. The molecule has 1 aliphatic rings. The third kappa shape index (κ3) is 4.77. The van der Waals surface area contributed by atoms with E-state index in [-0.39, 0.29) is 0 Å². The van der Waals surface area contributed by atoms with Crippen molar-refractivity contribution >= 4 is 71.8 Å². The summed E-state index contributed by atoms with van der Waals surface area (Å²) in [6, 6.07) is 41.6. The fraction of sp³-hybridized carbons (Fsp3) is 0.0465. The van der Waals surface area contributed by atoms with E-state index in [1.165, 1.54) is 26.1 Å². The maximum absolute atomic E-state index is 6.53. The van der Waals surface area contributed by atoms with Crippen LogP contribution in [0.15, 0.2) is 132 Å². The number of fused-ring (bicyclic) bond motifs is 8. The van der Waals surface area contributed by atoms with Gasteiger partial charge in [-0.3, -0.25) is 0 Å². The van der Waals surface area contributed by atoms with Crippen molar-refractivity contribution in [1.29, 1.82) is 0 Å².